The molecule has 7 unspecified atom stereocenters. The summed E-state index contributed by atoms with van der Waals surface area (Å²) in [7, 11) is -4.28. The fraction of sp³-hybridized carbons (Fsp3) is 0.774. The van der Waals surface area contributed by atoms with Crippen molar-refractivity contribution in [2.24, 2.45) is 11.8 Å². The van der Waals surface area contributed by atoms with Crippen molar-refractivity contribution >= 4 is 36.7 Å². The number of hydrogen-bond donors (Lipinski definition) is 5. The molecule has 18 heteroatoms. The van der Waals surface area contributed by atoms with Gasteiger partial charge in [0.05, 0.1) is 32.3 Å². The summed E-state index contributed by atoms with van der Waals surface area (Å²) in [6, 6.07) is -2.94. The number of anilines is 1. The maximum absolute atomic E-state index is 14.6. The second-order valence-corrected chi connectivity index (χ2v) is 15.7. The number of imidazole rings is 1. The fourth-order valence-electron chi connectivity index (χ4n) is 6.39. The summed E-state index contributed by atoms with van der Waals surface area (Å²) < 4.78 is 44.5. The van der Waals surface area contributed by atoms with Gasteiger partial charge in [0.15, 0.2) is 11.2 Å². The number of esters is 2. The van der Waals surface area contributed by atoms with E-state index >= 15 is 0 Å². The lowest BCUT2D eigenvalue weighted by atomic mass is 10.1. The van der Waals surface area contributed by atoms with Crippen molar-refractivity contribution in [3.8, 4) is 5.88 Å². The van der Waals surface area contributed by atoms with Crippen LogP contribution in [0.4, 0.5) is 5.95 Å². The van der Waals surface area contributed by atoms with Gasteiger partial charge in [0.25, 0.3) is 0 Å². The number of fused-ring (bicyclic) bond motifs is 2. The molecule has 6 N–H and O–H groups in total. The Labute approximate surface area is 286 Å². The van der Waals surface area contributed by atoms with Crippen LogP contribution in [-0.2, 0) is 32.9 Å². The molecule has 4 rings (SSSR count). The quantitative estimate of drug-likeness (QED) is 0.110. The first-order valence-corrected chi connectivity index (χ1v) is 18.4. The highest BCUT2D eigenvalue weighted by atomic mass is 31.2. The molecule has 3 heterocycles. The summed E-state index contributed by atoms with van der Waals surface area (Å²) >= 11 is 0. The summed E-state index contributed by atoms with van der Waals surface area (Å²) in [6.07, 6.45) is -0.952. The summed E-state index contributed by atoms with van der Waals surface area (Å²) in [5.74, 6) is -1.16. The van der Waals surface area contributed by atoms with E-state index in [4.69, 9.17) is 29.2 Å². The van der Waals surface area contributed by atoms with Crippen LogP contribution in [0.2, 0.25) is 0 Å². The average Bonchev–Trinajstić information content (AvgIpc) is 3.20. The Morgan fingerprint density at radius 1 is 1.04 bits per heavy atom. The topological polar surface area (TPSA) is 232 Å². The van der Waals surface area contributed by atoms with Gasteiger partial charge in [-0.2, -0.15) is 9.97 Å². The first-order chi connectivity index (χ1) is 22.9. The van der Waals surface area contributed by atoms with Crippen molar-refractivity contribution in [3.05, 3.63) is 6.33 Å². The molecule has 0 bridgehead atoms. The van der Waals surface area contributed by atoms with Gasteiger partial charge in [0.2, 0.25) is 11.8 Å². The number of aliphatic hydroxyl groups is 2. The zero-order chi connectivity index (χ0) is 36.5. The molecule has 2 fully saturated rings. The standard InChI is InChI=1S/C31H52N7O10P/c1-10-44-26(40)19(12-16(3)4)36-49(43,37-20(13-17(5)6)27(41)45-11-2)46-14-21-23(39)31(42)28(30(31,9)48-21)38-15-33-22-24(38)34-29(32)35-25(22)47-18(7)8/h15-21,23,28,39,42H,10-14H2,1-9H3,(H2,32,34,35)(H2,36,37,43). The third-order valence-corrected chi connectivity index (χ3v) is 10.3. The van der Waals surface area contributed by atoms with Crippen LogP contribution in [-0.4, -0.2) is 103 Å². The van der Waals surface area contributed by atoms with Crippen LogP contribution in [0.15, 0.2) is 6.33 Å². The Balaban J connectivity index is 1.59. The molecule has 2 aromatic rings. The lowest BCUT2D eigenvalue weighted by Gasteiger charge is -2.31. The highest BCUT2D eigenvalue weighted by Gasteiger charge is 2.85. The van der Waals surface area contributed by atoms with Crippen LogP contribution < -0.4 is 20.6 Å². The molecular formula is C31H52N7O10P. The van der Waals surface area contributed by atoms with E-state index in [0.29, 0.717) is 5.52 Å². The monoisotopic (exact) mass is 713 g/mol. The Morgan fingerprint density at radius 2 is 1.59 bits per heavy atom. The zero-order valence-electron chi connectivity index (χ0n) is 29.7. The Bertz CT molecular complexity index is 1500. The first-order valence-electron chi connectivity index (χ1n) is 16.8. The Hall–Kier alpha value is -2.92. The maximum atomic E-state index is 14.6. The molecular weight excluding hydrogens is 661 g/mol. The minimum atomic E-state index is -4.28. The number of aliphatic hydroxyl groups excluding tert-OH is 1. The van der Waals surface area contributed by atoms with E-state index in [2.05, 4.69) is 25.1 Å². The summed E-state index contributed by atoms with van der Waals surface area (Å²) in [6.45, 7) is 15.9. The number of rotatable bonds is 18. The largest absolute Gasteiger partial charge is 0.473 e. The summed E-state index contributed by atoms with van der Waals surface area (Å²) in [5, 5.41) is 28.9. The highest BCUT2D eigenvalue weighted by Crippen LogP contribution is 2.68. The van der Waals surface area contributed by atoms with Crippen LogP contribution in [0, 0.1) is 11.8 Å². The number of carbonyl (C=O) groups is 2. The Morgan fingerprint density at radius 3 is 2.04 bits per heavy atom. The van der Waals surface area contributed by atoms with E-state index in [1.54, 1.807) is 25.3 Å². The van der Waals surface area contributed by atoms with E-state index in [0.717, 1.165) is 0 Å². The molecule has 0 aromatic carbocycles. The van der Waals surface area contributed by atoms with Gasteiger partial charge in [-0.15, -0.1) is 0 Å². The second kappa shape index (κ2) is 15.1. The molecule has 49 heavy (non-hydrogen) atoms. The normalized spacial score (nSPS) is 27.3. The van der Waals surface area contributed by atoms with E-state index < -0.39 is 67.8 Å². The van der Waals surface area contributed by atoms with E-state index in [1.165, 1.54) is 6.33 Å². The van der Waals surface area contributed by atoms with Gasteiger partial charge in [-0.1, -0.05) is 27.7 Å². The summed E-state index contributed by atoms with van der Waals surface area (Å²) in [4.78, 5) is 38.7. The van der Waals surface area contributed by atoms with E-state index in [-0.39, 0.29) is 61.5 Å². The van der Waals surface area contributed by atoms with Crippen LogP contribution in [0.1, 0.15) is 81.2 Å². The summed E-state index contributed by atoms with van der Waals surface area (Å²) in [5.41, 5.74) is 3.39. The van der Waals surface area contributed by atoms with Crippen LogP contribution in [0.5, 0.6) is 5.88 Å². The van der Waals surface area contributed by atoms with Crippen molar-refractivity contribution < 1.29 is 47.8 Å². The van der Waals surface area contributed by atoms with Gasteiger partial charge in [0.1, 0.15) is 41.5 Å². The third kappa shape index (κ3) is 8.03. The van der Waals surface area contributed by atoms with Gasteiger partial charge in [-0.3, -0.25) is 14.2 Å². The Kier molecular flexibility index (Phi) is 12.0. The highest BCUT2D eigenvalue weighted by molar-refractivity contribution is 7.54. The molecule has 1 aliphatic heterocycles. The van der Waals surface area contributed by atoms with Gasteiger partial charge < -0.3 is 44.0 Å². The molecule has 7 atom stereocenters. The van der Waals surface area contributed by atoms with Gasteiger partial charge in [-0.25, -0.2) is 15.2 Å². The van der Waals surface area contributed by atoms with Gasteiger partial charge in [-0.05, 0) is 59.3 Å². The fourth-order valence-corrected chi connectivity index (χ4v) is 8.21. The number of aromatic nitrogens is 4. The van der Waals surface area contributed by atoms with Crippen LogP contribution >= 0.6 is 7.67 Å². The number of ether oxygens (including phenoxy) is 4. The molecule has 2 aliphatic rings. The van der Waals surface area contributed by atoms with Gasteiger partial charge in [0, 0.05) is 0 Å². The average molecular weight is 714 g/mol. The van der Waals surface area contributed by atoms with Crippen molar-refractivity contribution in [2.45, 2.75) is 123 Å². The molecule has 1 aliphatic carbocycles. The molecule has 276 valence electrons. The zero-order valence-corrected chi connectivity index (χ0v) is 30.6. The van der Waals surface area contributed by atoms with E-state index in [9.17, 15) is 24.4 Å². The molecule has 0 radical (unpaired) electrons. The molecule has 17 nitrogen and oxygen atoms in total. The van der Waals surface area contributed by atoms with Crippen molar-refractivity contribution in [1.29, 1.82) is 0 Å². The number of carbonyl (C=O) groups excluding carboxylic acids is 2. The van der Waals surface area contributed by atoms with Crippen molar-refractivity contribution in [2.75, 3.05) is 25.6 Å². The number of nitrogen functional groups attached to an aromatic ring is 1. The molecule has 1 saturated heterocycles. The molecule has 2 aromatic heterocycles. The smallest absolute Gasteiger partial charge is 0.342 e. The van der Waals surface area contributed by atoms with Gasteiger partial charge >= 0.3 is 19.6 Å². The lowest BCUT2D eigenvalue weighted by Crippen LogP contribution is -2.46. The maximum Gasteiger partial charge on any atom is 0.342 e. The van der Waals surface area contributed by atoms with Crippen molar-refractivity contribution in [3.63, 3.8) is 0 Å². The molecule has 1 saturated carbocycles. The minimum Gasteiger partial charge on any atom is -0.473 e. The second-order valence-electron chi connectivity index (χ2n) is 13.8. The number of nitrogens with one attached hydrogen (secondary N) is 2. The lowest BCUT2D eigenvalue weighted by molar-refractivity contribution is -0.146. The predicted octanol–water partition coefficient (Wildman–Crippen LogP) is 2.26. The predicted molar refractivity (Wildman–Crippen MR) is 178 cm³/mol. The minimum absolute atomic E-state index is 0.00185. The third-order valence-electron chi connectivity index (χ3n) is 8.51. The molecule has 0 amide bonds. The van der Waals surface area contributed by atoms with Crippen LogP contribution in [0.25, 0.3) is 11.2 Å². The number of hydrogen-bond acceptors (Lipinski definition) is 14. The number of nitrogens with zero attached hydrogens (tertiary/aromatic N) is 4. The van der Waals surface area contributed by atoms with E-state index in [1.807, 2.05) is 41.5 Å². The number of nitrogens with two attached hydrogens (primary N) is 1. The molecule has 0 spiro atoms. The van der Waals surface area contributed by atoms with Crippen molar-refractivity contribution in [1.82, 2.24) is 29.7 Å². The SMILES string of the molecule is CCOC(=O)C(CC(C)C)NP(=O)(NC(CC(C)C)C(=O)OCC)OCC1OC2(C)C(n3cnc4c(OC(C)C)nc(N)nc43)C2(O)C1O. The van der Waals surface area contributed by atoms with Crippen LogP contribution in [0.3, 0.4) is 0 Å². The first kappa shape index (κ1) is 38.9.